The van der Waals surface area contributed by atoms with E-state index in [2.05, 4.69) is 29.6 Å². The van der Waals surface area contributed by atoms with Crippen LogP contribution in [0.5, 0.6) is 0 Å². The highest BCUT2D eigenvalue weighted by molar-refractivity contribution is 5.75. The van der Waals surface area contributed by atoms with Crippen molar-refractivity contribution in [2.24, 2.45) is 0 Å². The minimum absolute atomic E-state index is 0.0147. The topological polar surface area (TPSA) is 80.5 Å². The number of rotatable bonds is 1. The number of H-pyrrole nitrogens is 1. The molecule has 9 heteroatoms. The average Bonchev–Trinajstić information content (AvgIpc) is 2.94. The third kappa shape index (κ3) is 1.60. The van der Waals surface area contributed by atoms with Crippen molar-refractivity contribution >= 4 is 11.2 Å². The molecular weight excluding hydrogens is 251 g/mol. The Bertz CT molecular complexity index is 668. The highest BCUT2D eigenvalue weighted by Gasteiger charge is 2.38. The Hall–Kier alpha value is -2.45. The zero-order chi connectivity index (χ0) is 12.8. The summed E-state index contributed by atoms with van der Waals surface area (Å²) in [6.45, 7) is 0. The first kappa shape index (κ1) is 10.7. The van der Waals surface area contributed by atoms with Crippen LogP contribution < -0.4 is 0 Å². The molecule has 0 aliphatic heterocycles. The van der Waals surface area contributed by atoms with Gasteiger partial charge in [-0.25, -0.2) is 15.0 Å². The monoisotopic (exact) mass is 255 g/mol. The SMILES string of the molecule is FC(F)(F)c1nocc1-c1nc2ncncc2[nH]1. The number of nitrogens with one attached hydrogen (secondary N) is 1. The minimum Gasteiger partial charge on any atom is -0.363 e. The van der Waals surface area contributed by atoms with Gasteiger partial charge >= 0.3 is 6.18 Å². The van der Waals surface area contributed by atoms with E-state index in [1.165, 1.54) is 12.5 Å². The molecule has 0 radical (unpaired) electrons. The standard InChI is InChI=1S/C9H4F3N5O/c10-9(11,12)6-4(2-18-17-6)7-15-5-1-13-3-14-8(5)16-7/h1-3H,(H,13,14,15,16). The highest BCUT2D eigenvalue weighted by Crippen LogP contribution is 2.35. The molecule has 0 unspecified atom stereocenters. The van der Waals surface area contributed by atoms with Crippen molar-refractivity contribution in [3.8, 4) is 11.4 Å². The van der Waals surface area contributed by atoms with E-state index in [1.54, 1.807) is 0 Å². The van der Waals surface area contributed by atoms with Crippen LogP contribution in [0.4, 0.5) is 13.2 Å². The van der Waals surface area contributed by atoms with E-state index in [0.29, 0.717) is 5.52 Å². The van der Waals surface area contributed by atoms with Crippen LogP contribution in [0.15, 0.2) is 23.3 Å². The van der Waals surface area contributed by atoms with E-state index >= 15 is 0 Å². The van der Waals surface area contributed by atoms with Crippen molar-refractivity contribution in [1.82, 2.24) is 25.1 Å². The zero-order valence-corrected chi connectivity index (χ0v) is 8.56. The van der Waals surface area contributed by atoms with Gasteiger partial charge < -0.3 is 9.51 Å². The van der Waals surface area contributed by atoms with Gasteiger partial charge in [-0.1, -0.05) is 5.16 Å². The number of nitrogens with zero attached hydrogens (tertiary/aromatic N) is 4. The molecule has 1 N–H and O–H groups in total. The van der Waals surface area contributed by atoms with E-state index in [0.717, 1.165) is 6.26 Å². The quantitative estimate of drug-likeness (QED) is 0.719. The summed E-state index contributed by atoms with van der Waals surface area (Å²) >= 11 is 0. The van der Waals surface area contributed by atoms with Crippen LogP contribution in [0.1, 0.15) is 5.69 Å². The lowest BCUT2D eigenvalue weighted by Crippen LogP contribution is -2.07. The molecule has 3 rings (SSSR count). The fourth-order valence-corrected chi connectivity index (χ4v) is 1.50. The lowest BCUT2D eigenvalue weighted by Gasteiger charge is -2.02. The summed E-state index contributed by atoms with van der Waals surface area (Å²) in [7, 11) is 0. The normalized spacial score (nSPS) is 12.2. The van der Waals surface area contributed by atoms with Crippen LogP contribution in [0.25, 0.3) is 22.6 Å². The first-order valence-electron chi connectivity index (χ1n) is 4.73. The van der Waals surface area contributed by atoms with Gasteiger partial charge in [0.2, 0.25) is 0 Å². The van der Waals surface area contributed by atoms with E-state index in [4.69, 9.17) is 0 Å². The predicted octanol–water partition coefficient (Wildman–Crippen LogP) is 2.03. The summed E-state index contributed by atoms with van der Waals surface area (Å²) in [4.78, 5) is 14.1. The first-order valence-corrected chi connectivity index (χ1v) is 4.73. The molecule has 0 aromatic carbocycles. The second kappa shape index (κ2) is 3.52. The maximum Gasteiger partial charge on any atom is 0.437 e. The van der Waals surface area contributed by atoms with Gasteiger partial charge in [-0.3, -0.25) is 0 Å². The van der Waals surface area contributed by atoms with Gasteiger partial charge in [0.15, 0.2) is 11.3 Å². The Morgan fingerprint density at radius 3 is 2.83 bits per heavy atom. The van der Waals surface area contributed by atoms with Crippen molar-refractivity contribution in [3.63, 3.8) is 0 Å². The molecule has 0 amide bonds. The van der Waals surface area contributed by atoms with Gasteiger partial charge in [-0.15, -0.1) is 0 Å². The summed E-state index contributed by atoms with van der Waals surface area (Å²) in [5.74, 6) is -0.0147. The Labute approximate surface area is 96.9 Å². The Kier molecular flexibility index (Phi) is 2.09. The molecule has 92 valence electrons. The molecule has 0 saturated carbocycles. The minimum atomic E-state index is -4.60. The fraction of sp³-hybridized carbons (Fsp3) is 0.111. The Balaban J connectivity index is 2.18. The molecule has 0 bridgehead atoms. The molecule has 0 fully saturated rings. The number of aromatic amines is 1. The molecule has 0 saturated heterocycles. The van der Waals surface area contributed by atoms with Crippen molar-refractivity contribution in [3.05, 3.63) is 24.5 Å². The van der Waals surface area contributed by atoms with Gasteiger partial charge in [0.25, 0.3) is 0 Å². The molecular formula is C9H4F3N5O. The zero-order valence-electron chi connectivity index (χ0n) is 8.56. The van der Waals surface area contributed by atoms with Crippen LogP contribution >= 0.6 is 0 Å². The summed E-state index contributed by atoms with van der Waals surface area (Å²) in [6.07, 6.45) is -1.05. The van der Waals surface area contributed by atoms with Crippen molar-refractivity contribution in [1.29, 1.82) is 0 Å². The summed E-state index contributed by atoms with van der Waals surface area (Å²) in [6, 6.07) is 0. The lowest BCUT2D eigenvalue weighted by atomic mass is 10.2. The Morgan fingerprint density at radius 2 is 2.11 bits per heavy atom. The first-order chi connectivity index (χ1) is 8.55. The van der Waals surface area contributed by atoms with Crippen LogP contribution in [0, 0.1) is 0 Å². The smallest absolute Gasteiger partial charge is 0.363 e. The predicted molar refractivity (Wildman–Crippen MR) is 52.2 cm³/mol. The second-order valence-electron chi connectivity index (χ2n) is 3.42. The average molecular weight is 255 g/mol. The van der Waals surface area contributed by atoms with Crippen molar-refractivity contribution < 1.29 is 17.7 Å². The van der Waals surface area contributed by atoms with Gasteiger partial charge in [-0.2, -0.15) is 13.2 Å². The third-order valence-corrected chi connectivity index (χ3v) is 2.26. The number of aromatic nitrogens is 5. The molecule has 0 spiro atoms. The summed E-state index contributed by atoms with van der Waals surface area (Å²) in [5.41, 5.74) is -0.689. The molecule has 0 aliphatic rings. The fourth-order valence-electron chi connectivity index (χ4n) is 1.50. The van der Waals surface area contributed by atoms with Crippen molar-refractivity contribution in [2.75, 3.05) is 0 Å². The van der Waals surface area contributed by atoms with Gasteiger partial charge in [0.1, 0.15) is 23.9 Å². The van der Waals surface area contributed by atoms with Gasteiger partial charge in [-0.05, 0) is 0 Å². The number of halogens is 3. The van der Waals surface area contributed by atoms with Crippen LogP contribution in [-0.2, 0) is 6.18 Å². The molecule has 0 atom stereocenters. The number of imidazole rings is 1. The van der Waals surface area contributed by atoms with Gasteiger partial charge in [0, 0.05) is 0 Å². The van der Waals surface area contributed by atoms with Crippen molar-refractivity contribution in [2.45, 2.75) is 6.18 Å². The van der Waals surface area contributed by atoms with Crippen LogP contribution in [0.2, 0.25) is 0 Å². The lowest BCUT2D eigenvalue weighted by molar-refractivity contribution is -0.142. The number of fused-ring (bicyclic) bond motifs is 1. The third-order valence-electron chi connectivity index (χ3n) is 2.26. The molecule has 3 heterocycles. The number of hydrogen-bond donors (Lipinski definition) is 1. The Morgan fingerprint density at radius 1 is 1.28 bits per heavy atom. The molecule has 18 heavy (non-hydrogen) atoms. The molecule has 3 aromatic rings. The number of alkyl halides is 3. The molecule has 3 aromatic heterocycles. The molecule has 0 aliphatic carbocycles. The maximum absolute atomic E-state index is 12.6. The summed E-state index contributed by atoms with van der Waals surface area (Å²) < 4.78 is 42.2. The van der Waals surface area contributed by atoms with E-state index in [9.17, 15) is 13.2 Å². The van der Waals surface area contributed by atoms with Crippen LogP contribution in [-0.4, -0.2) is 25.1 Å². The van der Waals surface area contributed by atoms with Crippen LogP contribution in [0.3, 0.4) is 0 Å². The highest BCUT2D eigenvalue weighted by atomic mass is 19.4. The summed E-state index contributed by atoms with van der Waals surface area (Å²) in [5, 5.41) is 2.94. The van der Waals surface area contributed by atoms with E-state index in [-0.39, 0.29) is 17.0 Å². The van der Waals surface area contributed by atoms with Gasteiger partial charge in [0.05, 0.1) is 11.8 Å². The largest absolute Gasteiger partial charge is 0.437 e. The molecule has 6 nitrogen and oxygen atoms in total. The second-order valence-corrected chi connectivity index (χ2v) is 3.42. The van der Waals surface area contributed by atoms with E-state index < -0.39 is 11.9 Å². The number of hydrogen-bond acceptors (Lipinski definition) is 5. The van der Waals surface area contributed by atoms with E-state index in [1.807, 2.05) is 0 Å². The maximum atomic E-state index is 12.6.